The molecule has 0 radical (unpaired) electrons. The highest BCUT2D eigenvalue weighted by molar-refractivity contribution is 5.92. The minimum atomic E-state index is -4.44. The lowest BCUT2D eigenvalue weighted by Gasteiger charge is -2.07. The smallest absolute Gasteiger partial charge is 0.342 e. The van der Waals surface area contributed by atoms with Crippen LogP contribution in [0.5, 0.6) is 0 Å². The van der Waals surface area contributed by atoms with E-state index < -0.39 is 18.6 Å². The number of pyridine rings is 1. The fourth-order valence-corrected chi connectivity index (χ4v) is 0.885. The van der Waals surface area contributed by atoms with Crippen molar-refractivity contribution in [1.29, 1.82) is 0 Å². The van der Waals surface area contributed by atoms with E-state index in [4.69, 9.17) is 5.84 Å². The zero-order chi connectivity index (χ0) is 12.2. The number of aromatic nitrogens is 1. The van der Waals surface area contributed by atoms with Gasteiger partial charge in [0.2, 0.25) is 0 Å². The maximum absolute atomic E-state index is 11.8. The molecular formula is C8H9F3N4O. The van der Waals surface area contributed by atoms with E-state index in [2.05, 4.69) is 10.4 Å². The predicted molar refractivity (Wildman–Crippen MR) is 50.4 cm³/mol. The minimum absolute atomic E-state index is 0.108. The van der Waals surface area contributed by atoms with E-state index in [1.54, 1.807) is 5.32 Å². The van der Waals surface area contributed by atoms with Crippen LogP contribution in [0.4, 0.5) is 18.9 Å². The van der Waals surface area contributed by atoms with Gasteiger partial charge in [-0.05, 0) is 12.1 Å². The topological polar surface area (TPSA) is 80.0 Å². The van der Waals surface area contributed by atoms with E-state index in [0.717, 1.165) is 0 Å². The summed E-state index contributed by atoms with van der Waals surface area (Å²) in [6.45, 7) is -1.38. The molecule has 0 saturated heterocycles. The number of nitrogens with zero attached hydrogens (tertiary/aromatic N) is 1. The molecule has 0 aromatic carbocycles. The summed E-state index contributed by atoms with van der Waals surface area (Å²) < 4.78 is 35.4. The Morgan fingerprint density at radius 3 is 2.56 bits per heavy atom. The molecule has 1 amide bonds. The van der Waals surface area contributed by atoms with Crippen molar-refractivity contribution in [3.63, 3.8) is 0 Å². The first kappa shape index (κ1) is 12.2. The number of hydrazine groups is 1. The molecule has 0 bridgehead atoms. The average molecular weight is 234 g/mol. The van der Waals surface area contributed by atoms with Gasteiger partial charge < -0.3 is 10.7 Å². The van der Waals surface area contributed by atoms with Crippen molar-refractivity contribution in [3.8, 4) is 0 Å². The highest BCUT2D eigenvalue weighted by Gasteiger charge is 2.28. The number of alkyl halides is 3. The normalized spacial score (nSPS) is 11.0. The number of nitrogens with two attached hydrogens (primary N) is 1. The van der Waals surface area contributed by atoms with Crippen LogP contribution in [-0.4, -0.2) is 23.6 Å². The molecule has 88 valence electrons. The maximum atomic E-state index is 11.8. The number of amides is 1. The van der Waals surface area contributed by atoms with Gasteiger partial charge in [0.25, 0.3) is 5.91 Å². The van der Waals surface area contributed by atoms with Crippen LogP contribution in [0.1, 0.15) is 10.5 Å². The van der Waals surface area contributed by atoms with Crippen LogP contribution in [0.25, 0.3) is 0 Å². The van der Waals surface area contributed by atoms with Gasteiger partial charge in [0.1, 0.15) is 12.2 Å². The summed E-state index contributed by atoms with van der Waals surface area (Å²) in [7, 11) is 0. The van der Waals surface area contributed by atoms with Crippen LogP contribution in [0.15, 0.2) is 18.3 Å². The molecule has 16 heavy (non-hydrogen) atoms. The van der Waals surface area contributed by atoms with E-state index in [-0.39, 0.29) is 5.69 Å². The van der Waals surface area contributed by atoms with Gasteiger partial charge in [-0.25, -0.2) is 4.98 Å². The Kier molecular flexibility index (Phi) is 3.67. The lowest BCUT2D eigenvalue weighted by molar-refractivity contribution is -0.123. The van der Waals surface area contributed by atoms with E-state index >= 15 is 0 Å². The van der Waals surface area contributed by atoms with Crippen LogP contribution in [-0.2, 0) is 0 Å². The Hall–Kier alpha value is -1.83. The second-order valence-electron chi connectivity index (χ2n) is 2.87. The fraction of sp³-hybridized carbons (Fsp3) is 0.250. The molecule has 0 unspecified atom stereocenters. The third-order valence-corrected chi connectivity index (χ3v) is 1.61. The van der Waals surface area contributed by atoms with Crippen LogP contribution in [0, 0.1) is 0 Å². The molecule has 8 heteroatoms. The molecule has 0 fully saturated rings. The van der Waals surface area contributed by atoms with Gasteiger partial charge in [-0.3, -0.25) is 10.6 Å². The van der Waals surface area contributed by atoms with Gasteiger partial charge in [0.05, 0.1) is 11.9 Å². The SMILES string of the molecule is NNc1ccc(C(=O)NCC(F)(F)F)nc1. The third-order valence-electron chi connectivity index (χ3n) is 1.61. The standard InChI is InChI=1S/C8H9F3N4O/c9-8(10,11)4-14-7(16)6-2-1-5(15-12)3-13-6/h1-3,15H,4,12H2,(H,14,16). The zero-order valence-corrected chi connectivity index (χ0v) is 8.01. The van der Waals surface area contributed by atoms with E-state index in [0.29, 0.717) is 5.69 Å². The fourth-order valence-electron chi connectivity index (χ4n) is 0.885. The molecular weight excluding hydrogens is 225 g/mol. The summed E-state index contributed by atoms with van der Waals surface area (Å²) >= 11 is 0. The molecule has 1 heterocycles. The van der Waals surface area contributed by atoms with E-state index in [1.807, 2.05) is 0 Å². The molecule has 0 spiro atoms. The number of carbonyl (C=O) groups excluding carboxylic acids is 1. The highest BCUT2D eigenvalue weighted by atomic mass is 19.4. The van der Waals surface area contributed by atoms with Crippen molar-refractivity contribution in [3.05, 3.63) is 24.0 Å². The van der Waals surface area contributed by atoms with Gasteiger partial charge in [-0.1, -0.05) is 0 Å². The Morgan fingerprint density at radius 2 is 2.12 bits per heavy atom. The first-order valence-corrected chi connectivity index (χ1v) is 4.20. The lowest BCUT2D eigenvalue weighted by atomic mass is 10.3. The highest BCUT2D eigenvalue weighted by Crippen LogP contribution is 2.12. The quantitative estimate of drug-likeness (QED) is 0.530. The molecule has 5 nitrogen and oxygen atoms in total. The van der Waals surface area contributed by atoms with Gasteiger partial charge in [-0.2, -0.15) is 13.2 Å². The first-order valence-electron chi connectivity index (χ1n) is 4.20. The lowest BCUT2D eigenvalue weighted by Crippen LogP contribution is -2.34. The van der Waals surface area contributed by atoms with Gasteiger partial charge >= 0.3 is 6.18 Å². The Labute approximate surface area is 88.8 Å². The summed E-state index contributed by atoms with van der Waals surface area (Å²) in [5, 5.41) is 1.70. The van der Waals surface area contributed by atoms with Gasteiger partial charge in [0, 0.05) is 0 Å². The molecule has 0 aliphatic heterocycles. The van der Waals surface area contributed by atoms with E-state index in [9.17, 15) is 18.0 Å². The van der Waals surface area contributed by atoms with Crippen molar-refractivity contribution in [2.45, 2.75) is 6.18 Å². The van der Waals surface area contributed by atoms with Gasteiger partial charge in [0.15, 0.2) is 0 Å². The Bertz CT molecular complexity index is 363. The average Bonchev–Trinajstić information content (AvgIpc) is 2.25. The first-order chi connectivity index (χ1) is 7.42. The predicted octanol–water partition coefficient (Wildman–Crippen LogP) is 0.659. The molecule has 4 N–H and O–H groups in total. The number of nitrogen functional groups attached to an aromatic ring is 1. The van der Waals surface area contributed by atoms with Crippen molar-refractivity contribution >= 4 is 11.6 Å². The summed E-state index contributed by atoms with van der Waals surface area (Å²) in [4.78, 5) is 14.8. The molecule has 0 saturated carbocycles. The third kappa shape index (κ3) is 3.73. The molecule has 1 aromatic rings. The van der Waals surface area contributed by atoms with Crippen LogP contribution >= 0.6 is 0 Å². The van der Waals surface area contributed by atoms with Crippen molar-refractivity contribution in [2.24, 2.45) is 5.84 Å². The molecule has 0 atom stereocenters. The summed E-state index contributed by atoms with van der Waals surface area (Å²) in [5.41, 5.74) is 2.62. The number of nitrogens with one attached hydrogen (secondary N) is 2. The zero-order valence-electron chi connectivity index (χ0n) is 8.01. The second kappa shape index (κ2) is 4.79. The van der Waals surface area contributed by atoms with Gasteiger partial charge in [-0.15, -0.1) is 0 Å². The number of halogens is 3. The van der Waals surface area contributed by atoms with Crippen molar-refractivity contribution in [1.82, 2.24) is 10.3 Å². The molecule has 0 aliphatic carbocycles. The minimum Gasteiger partial charge on any atom is -0.342 e. The molecule has 1 aromatic heterocycles. The molecule has 0 aliphatic rings. The second-order valence-corrected chi connectivity index (χ2v) is 2.87. The van der Waals surface area contributed by atoms with Crippen LogP contribution in [0.3, 0.4) is 0 Å². The largest absolute Gasteiger partial charge is 0.405 e. The summed E-state index contributed by atoms with van der Waals surface area (Å²) in [5.74, 6) is 4.16. The van der Waals surface area contributed by atoms with E-state index in [1.165, 1.54) is 18.3 Å². The number of carbonyl (C=O) groups is 1. The Morgan fingerprint density at radius 1 is 1.44 bits per heavy atom. The van der Waals surface area contributed by atoms with Crippen molar-refractivity contribution in [2.75, 3.05) is 12.0 Å². The number of anilines is 1. The summed E-state index contributed by atoms with van der Waals surface area (Å²) in [6, 6.07) is 2.69. The Balaban J connectivity index is 2.59. The number of hydrogen-bond acceptors (Lipinski definition) is 4. The molecule has 1 rings (SSSR count). The van der Waals surface area contributed by atoms with Crippen molar-refractivity contribution < 1.29 is 18.0 Å². The number of rotatable bonds is 3. The maximum Gasteiger partial charge on any atom is 0.405 e. The monoisotopic (exact) mass is 234 g/mol. The van der Waals surface area contributed by atoms with Crippen LogP contribution in [0.2, 0.25) is 0 Å². The number of hydrogen-bond donors (Lipinski definition) is 3. The van der Waals surface area contributed by atoms with Crippen LogP contribution < -0.4 is 16.6 Å². The summed E-state index contributed by atoms with van der Waals surface area (Å²) in [6.07, 6.45) is -3.20.